The summed E-state index contributed by atoms with van der Waals surface area (Å²) in [5.74, 6) is 1.57. The van der Waals surface area contributed by atoms with E-state index in [-0.39, 0.29) is 0 Å². The Morgan fingerprint density at radius 3 is 2.39 bits per heavy atom. The van der Waals surface area contributed by atoms with E-state index < -0.39 is 10.8 Å². The average molecular weight is 389 g/mol. The molecule has 0 N–H and O–H groups in total. The van der Waals surface area contributed by atoms with Crippen LogP contribution in [-0.4, -0.2) is 32.1 Å². The summed E-state index contributed by atoms with van der Waals surface area (Å²) in [6.07, 6.45) is 7.07. The van der Waals surface area contributed by atoms with E-state index in [9.17, 15) is 4.21 Å². The van der Waals surface area contributed by atoms with Crippen LogP contribution in [-0.2, 0) is 10.8 Å². The van der Waals surface area contributed by atoms with Crippen molar-refractivity contribution in [1.82, 2.24) is 14.5 Å². The van der Waals surface area contributed by atoms with Crippen LogP contribution in [0.2, 0.25) is 0 Å². The summed E-state index contributed by atoms with van der Waals surface area (Å²) in [7, 11) is 0.640. The van der Waals surface area contributed by atoms with E-state index in [1.807, 2.05) is 66.9 Å². The van der Waals surface area contributed by atoms with Gasteiger partial charge in [0, 0.05) is 51.5 Å². The lowest BCUT2D eigenvalue weighted by atomic mass is 10.1. The maximum absolute atomic E-state index is 11.7. The van der Waals surface area contributed by atoms with Crippen LogP contribution in [0.3, 0.4) is 0 Å². The van der Waals surface area contributed by atoms with Crippen molar-refractivity contribution < 1.29 is 8.95 Å². The first-order valence-corrected chi connectivity index (χ1v) is 10.3. The highest BCUT2D eigenvalue weighted by Crippen LogP contribution is 2.31. The smallest absolute Gasteiger partial charge is 0.144 e. The Labute approximate surface area is 166 Å². The molecule has 0 radical (unpaired) electrons. The van der Waals surface area contributed by atoms with Gasteiger partial charge >= 0.3 is 0 Å². The van der Waals surface area contributed by atoms with Gasteiger partial charge in [-0.15, -0.1) is 0 Å². The van der Waals surface area contributed by atoms with Crippen LogP contribution in [0.15, 0.2) is 84.1 Å². The van der Waals surface area contributed by atoms with Crippen molar-refractivity contribution in [2.75, 3.05) is 13.4 Å². The number of hydrogen-bond donors (Lipinski definition) is 0. The molecular formula is C22H19N3O2S. The Kier molecular flexibility index (Phi) is 5.04. The predicted octanol–water partition coefficient (Wildman–Crippen LogP) is 4.35. The number of aromatic nitrogens is 3. The van der Waals surface area contributed by atoms with Crippen molar-refractivity contribution >= 4 is 10.8 Å². The minimum absolute atomic E-state index is 0.773. The molecule has 2 aromatic carbocycles. The largest absolute Gasteiger partial charge is 0.497 e. The van der Waals surface area contributed by atoms with E-state index in [0.717, 1.165) is 39.0 Å². The van der Waals surface area contributed by atoms with Crippen molar-refractivity contribution in [2.45, 2.75) is 4.90 Å². The molecule has 6 heteroatoms. The Morgan fingerprint density at radius 1 is 0.964 bits per heavy atom. The lowest BCUT2D eigenvalue weighted by Gasteiger charge is -2.14. The molecule has 0 aliphatic rings. The van der Waals surface area contributed by atoms with Gasteiger partial charge in [0.15, 0.2) is 0 Å². The Hall–Kier alpha value is -3.25. The highest BCUT2D eigenvalue weighted by molar-refractivity contribution is 7.84. The molecule has 5 nitrogen and oxygen atoms in total. The molecule has 4 rings (SSSR count). The van der Waals surface area contributed by atoms with Gasteiger partial charge in [-0.1, -0.05) is 18.2 Å². The molecule has 0 saturated heterocycles. The van der Waals surface area contributed by atoms with Crippen LogP contribution >= 0.6 is 0 Å². The van der Waals surface area contributed by atoms with Gasteiger partial charge in [-0.05, 0) is 36.4 Å². The normalized spacial score (nSPS) is 11.9. The van der Waals surface area contributed by atoms with Gasteiger partial charge < -0.3 is 4.74 Å². The first-order chi connectivity index (χ1) is 13.7. The molecule has 0 spiro atoms. The van der Waals surface area contributed by atoms with Crippen LogP contribution in [0.5, 0.6) is 5.75 Å². The zero-order chi connectivity index (χ0) is 19.5. The molecule has 0 amide bonds. The number of rotatable bonds is 5. The number of hydrogen-bond acceptors (Lipinski definition) is 4. The molecule has 0 saturated carbocycles. The average Bonchev–Trinajstić information content (AvgIpc) is 3.19. The van der Waals surface area contributed by atoms with E-state index in [1.54, 1.807) is 25.8 Å². The van der Waals surface area contributed by atoms with Crippen LogP contribution < -0.4 is 4.74 Å². The lowest BCUT2D eigenvalue weighted by molar-refractivity contribution is 0.414. The molecular weight excluding hydrogens is 370 g/mol. The molecule has 0 bridgehead atoms. The number of ether oxygens (including phenoxy) is 1. The third kappa shape index (κ3) is 3.46. The fourth-order valence-electron chi connectivity index (χ4n) is 3.09. The van der Waals surface area contributed by atoms with Gasteiger partial charge in [0.1, 0.15) is 11.6 Å². The summed E-state index contributed by atoms with van der Waals surface area (Å²) in [5.41, 5.74) is 3.86. The third-order valence-corrected chi connectivity index (χ3v) is 5.43. The Bertz CT molecular complexity index is 1120. The van der Waals surface area contributed by atoms with E-state index in [2.05, 4.69) is 9.55 Å². The zero-order valence-corrected chi connectivity index (χ0v) is 16.4. The molecule has 1 unspecified atom stereocenters. The van der Waals surface area contributed by atoms with Crippen LogP contribution in [0, 0.1) is 0 Å². The highest BCUT2D eigenvalue weighted by Gasteiger charge is 2.16. The topological polar surface area (TPSA) is 57.0 Å². The van der Waals surface area contributed by atoms with E-state index in [1.165, 1.54) is 0 Å². The van der Waals surface area contributed by atoms with Crippen LogP contribution in [0.4, 0.5) is 0 Å². The third-order valence-electron chi connectivity index (χ3n) is 4.49. The quantitative estimate of drug-likeness (QED) is 0.509. The molecule has 2 aromatic heterocycles. The standard InChI is InChI=1S/C22H19N3O2S/c1-27-19-5-3-4-18(14-19)25-21(16-10-12-23-13-11-16)15-24-22(25)17-6-8-20(9-7-17)28(2)26/h3-15H,1-2H3. The van der Waals surface area contributed by atoms with Crippen molar-refractivity contribution in [2.24, 2.45) is 0 Å². The van der Waals surface area contributed by atoms with Gasteiger partial charge in [-0.3, -0.25) is 13.8 Å². The second-order valence-electron chi connectivity index (χ2n) is 6.22. The second-order valence-corrected chi connectivity index (χ2v) is 7.60. The summed E-state index contributed by atoms with van der Waals surface area (Å²) in [4.78, 5) is 9.60. The lowest BCUT2D eigenvalue weighted by Crippen LogP contribution is -2.01. The summed E-state index contributed by atoms with van der Waals surface area (Å²) >= 11 is 0. The minimum atomic E-state index is -1.01. The van der Waals surface area contributed by atoms with Gasteiger partial charge in [0.05, 0.1) is 24.7 Å². The van der Waals surface area contributed by atoms with Crippen LogP contribution in [0.25, 0.3) is 28.3 Å². The van der Waals surface area contributed by atoms with Gasteiger partial charge in [0.25, 0.3) is 0 Å². The number of benzene rings is 2. The van der Waals surface area contributed by atoms with Crippen molar-refractivity contribution in [3.63, 3.8) is 0 Å². The molecule has 0 aliphatic carbocycles. The first kappa shape index (κ1) is 18.1. The molecule has 140 valence electrons. The minimum Gasteiger partial charge on any atom is -0.497 e. The van der Waals surface area contributed by atoms with Crippen molar-refractivity contribution in [1.29, 1.82) is 0 Å². The molecule has 0 fully saturated rings. The SMILES string of the molecule is COc1cccc(-n2c(-c3ccncc3)cnc2-c2ccc(S(C)=O)cc2)c1. The van der Waals surface area contributed by atoms with E-state index >= 15 is 0 Å². The summed E-state index contributed by atoms with van der Waals surface area (Å²) in [5, 5.41) is 0. The summed E-state index contributed by atoms with van der Waals surface area (Å²) < 4.78 is 19.2. The number of methoxy groups -OCH3 is 1. The Balaban J connectivity index is 1.91. The summed E-state index contributed by atoms with van der Waals surface area (Å²) in [6.45, 7) is 0. The van der Waals surface area contributed by atoms with Crippen LogP contribution in [0.1, 0.15) is 0 Å². The molecule has 28 heavy (non-hydrogen) atoms. The van der Waals surface area contributed by atoms with Crippen molar-refractivity contribution in [3.05, 3.63) is 79.3 Å². The first-order valence-electron chi connectivity index (χ1n) is 8.74. The predicted molar refractivity (Wildman–Crippen MR) is 111 cm³/mol. The highest BCUT2D eigenvalue weighted by atomic mass is 32.2. The van der Waals surface area contributed by atoms with Crippen molar-refractivity contribution in [3.8, 4) is 34.1 Å². The monoisotopic (exact) mass is 389 g/mol. The zero-order valence-electron chi connectivity index (χ0n) is 15.6. The number of pyridine rings is 1. The van der Waals surface area contributed by atoms with Gasteiger partial charge in [0.2, 0.25) is 0 Å². The van der Waals surface area contributed by atoms with Gasteiger partial charge in [-0.25, -0.2) is 4.98 Å². The molecule has 0 aliphatic heterocycles. The maximum atomic E-state index is 11.7. The fourth-order valence-corrected chi connectivity index (χ4v) is 3.61. The molecule has 2 heterocycles. The second kappa shape index (κ2) is 7.78. The Morgan fingerprint density at radius 2 is 1.71 bits per heavy atom. The van der Waals surface area contributed by atoms with E-state index in [4.69, 9.17) is 9.72 Å². The number of imidazole rings is 1. The summed E-state index contributed by atoms with van der Waals surface area (Å²) in [6, 6.07) is 19.4. The number of nitrogens with zero attached hydrogens (tertiary/aromatic N) is 3. The van der Waals surface area contributed by atoms with Gasteiger partial charge in [-0.2, -0.15) is 0 Å². The molecule has 4 aromatic rings. The fraction of sp³-hybridized carbons (Fsp3) is 0.0909. The maximum Gasteiger partial charge on any atom is 0.144 e. The molecule has 1 atom stereocenters. The van der Waals surface area contributed by atoms with E-state index in [0.29, 0.717) is 0 Å².